The van der Waals surface area contributed by atoms with E-state index < -0.39 is 41.4 Å². The number of anilines is 4. The van der Waals surface area contributed by atoms with E-state index in [1.165, 1.54) is 65.6 Å². The quantitative estimate of drug-likeness (QED) is 0.0239. The first-order valence-electron chi connectivity index (χ1n) is 38.5. The van der Waals surface area contributed by atoms with Crippen LogP contribution in [0, 0.1) is 20.8 Å². The fourth-order valence-corrected chi connectivity index (χ4v) is 13.4. The van der Waals surface area contributed by atoms with Gasteiger partial charge in [-0.25, -0.2) is 15.0 Å². The van der Waals surface area contributed by atoms with E-state index in [-0.39, 0.29) is 116 Å². The smallest absolute Gasteiger partial charge is 0.291 e. The molecule has 1 aromatic carbocycles. The standard InChI is InChI=1S/C77H105ClN22O16S/c1-50-51(2)117-77-66(50)67(53-12-14-54(78)15-13-53)87-57(68-93-92-52(3)100(68)77)19-30-110-32-34-112-36-38-114-40-42-116-43-41-115-39-37-113-35-33-111-31-20-63(102)80-22-11-28-94(4)27-10-21-79-62(101)16-23-84-74(107)70-90-60(48-98(70)8)88-64(103)17-24-83-73(106)59-45-56(47-97(59)7)86-76(109)71-91-61(49-99(71)9)89-65(104)18-25-82-72(105)58-44-55(46-96(58)6)85-75(108)69-81-26-29-95(69)5/h12-15,26,29,44-49,57H,10-11,16-25,27-28,30-43H2,1-9H3,(H,79,101)(H,80,102)(H,82,105)(H,83,106)(H,84,107)(H,85,108)(H,86,109)(H,88,103)(H,89,104)/t57-/m0/s1. The molecule has 7 aromatic heterocycles. The van der Waals surface area contributed by atoms with Crippen LogP contribution in [0.25, 0.3) is 5.00 Å². The number of nitrogens with one attached hydrogen (secondary N) is 9. The lowest BCUT2D eigenvalue weighted by Gasteiger charge is -2.16. The van der Waals surface area contributed by atoms with Crippen LogP contribution in [0.3, 0.4) is 0 Å². The number of amides is 9. The van der Waals surface area contributed by atoms with E-state index in [4.69, 9.17) is 49.8 Å². The summed E-state index contributed by atoms with van der Waals surface area (Å²) in [6.07, 6.45) is 11.2. The summed E-state index contributed by atoms with van der Waals surface area (Å²) in [5, 5.41) is 35.2. The maximum absolute atomic E-state index is 13.3. The lowest BCUT2D eigenvalue weighted by molar-refractivity contribution is -0.122. The molecule has 1 aliphatic heterocycles. The van der Waals surface area contributed by atoms with Gasteiger partial charge in [-0.1, -0.05) is 23.7 Å². The summed E-state index contributed by atoms with van der Waals surface area (Å²) >= 11 is 7.98. The SMILES string of the molecule is Cc1sc2c(c1C)C(c1ccc(Cl)cc1)=N[C@@H](CCOCCOCCOCCOCCOCCOCCOCCC(=O)NCCCN(C)CCCNC(=O)CCNC(=O)c1nc(NC(=O)CCNC(=O)c3cc(NC(=O)c4nc(NC(=O)CCNC(=O)c5cc(NC(=O)c6nccn6C)cn5C)cn4C)cn3C)cn1C)c1nnc(C)n1-2. The molecule has 9 N–H and O–H groups in total. The Kier molecular flexibility index (Phi) is 35.5. The van der Waals surface area contributed by atoms with Gasteiger partial charge in [0.05, 0.1) is 103 Å². The van der Waals surface area contributed by atoms with Crippen molar-refractivity contribution in [3.8, 4) is 5.00 Å². The van der Waals surface area contributed by atoms with Crippen LogP contribution < -0.4 is 47.9 Å². The molecule has 1 aliphatic rings. The third-order valence-electron chi connectivity index (χ3n) is 18.3. The minimum absolute atomic E-state index is 0.0000275. The van der Waals surface area contributed by atoms with Gasteiger partial charge in [0, 0.05) is 165 Å². The van der Waals surface area contributed by atoms with Crippen LogP contribution >= 0.6 is 22.9 Å². The Hall–Kier alpha value is -10.9. The van der Waals surface area contributed by atoms with Crippen molar-refractivity contribution < 1.29 is 76.3 Å². The molecule has 38 nitrogen and oxygen atoms in total. The fourth-order valence-electron chi connectivity index (χ4n) is 12.1. The van der Waals surface area contributed by atoms with E-state index in [9.17, 15) is 43.2 Å². The van der Waals surface area contributed by atoms with E-state index in [0.717, 1.165) is 53.0 Å². The van der Waals surface area contributed by atoms with E-state index in [2.05, 4.69) is 96.3 Å². The van der Waals surface area contributed by atoms with Crippen LogP contribution in [0.1, 0.15) is 137 Å². The topological polar surface area (TPSA) is 436 Å². The molecule has 8 heterocycles. The third kappa shape index (κ3) is 27.9. The molecule has 0 bridgehead atoms. The van der Waals surface area contributed by atoms with Crippen LogP contribution in [-0.2, 0) is 87.6 Å². The summed E-state index contributed by atoms with van der Waals surface area (Å²) in [4.78, 5) is 137. The van der Waals surface area contributed by atoms with Crippen molar-refractivity contribution in [3.63, 3.8) is 0 Å². The predicted octanol–water partition coefficient (Wildman–Crippen LogP) is 4.36. The Labute approximate surface area is 686 Å². The molecule has 9 rings (SSSR count). The highest BCUT2D eigenvalue weighted by molar-refractivity contribution is 7.15. The van der Waals surface area contributed by atoms with E-state index in [1.807, 2.05) is 38.2 Å². The molecule has 0 radical (unpaired) electrons. The van der Waals surface area contributed by atoms with E-state index in [1.54, 1.807) is 63.5 Å². The second-order valence-electron chi connectivity index (χ2n) is 27.4. The Morgan fingerprint density at radius 2 is 0.940 bits per heavy atom. The Morgan fingerprint density at radius 3 is 1.44 bits per heavy atom. The fraction of sp³-hybridized carbons (Fsp3) is 0.494. The van der Waals surface area contributed by atoms with Crippen molar-refractivity contribution in [3.05, 3.63) is 141 Å². The van der Waals surface area contributed by atoms with Crippen LogP contribution in [0.2, 0.25) is 5.02 Å². The molecule has 0 unspecified atom stereocenters. The number of aliphatic imine (C=N–C) groups is 1. The van der Waals surface area contributed by atoms with Gasteiger partial charge >= 0.3 is 0 Å². The first kappa shape index (κ1) is 90.0. The van der Waals surface area contributed by atoms with Gasteiger partial charge in [-0.3, -0.25) is 52.7 Å². The number of nitrogens with zero attached hydrogens (tertiary/aromatic N) is 13. The molecule has 0 saturated heterocycles. The largest absolute Gasteiger partial charge is 0.379 e. The molecular weight excluding hydrogens is 1560 g/mol. The molecule has 632 valence electrons. The Balaban J connectivity index is 0.508. The molecule has 40 heteroatoms. The average Bonchev–Trinajstić information content (AvgIpc) is 1.59. The van der Waals surface area contributed by atoms with Gasteiger partial charge in [-0.15, -0.1) is 21.5 Å². The second kappa shape index (κ2) is 46.2. The number of hydrogen-bond acceptors (Lipinski definition) is 24. The Morgan fingerprint density at radius 1 is 0.487 bits per heavy atom. The van der Waals surface area contributed by atoms with Gasteiger partial charge in [-0.05, 0) is 83.6 Å². The first-order chi connectivity index (χ1) is 56.4. The number of rotatable bonds is 51. The van der Waals surface area contributed by atoms with Gasteiger partial charge in [0.15, 0.2) is 23.3 Å². The molecule has 8 aromatic rings. The molecule has 0 saturated carbocycles. The molecular formula is C77H105ClN22O16S. The van der Waals surface area contributed by atoms with Crippen LogP contribution in [-0.4, -0.2) is 262 Å². The predicted molar refractivity (Wildman–Crippen MR) is 435 cm³/mol. The summed E-state index contributed by atoms with van der Waals surface area (Å²) in [6, 6.07) is 10.5. The number of carbonyl (C=O) groups is 9. The number of carbonyl (C=O) groups excluding carboxylic acids is 9. The molecule has 9 amide bonds. The first-order valence-corrected chi connectivity index (χ1v) is 39.7. The molecule has 117 heavy (non-hydrogen) atoms. The third-order valence-corrected chi connectivity index (χ3v) is 19.7. The molecule has 0 aliphatic carbocycles. The van der Waals surface area contributed by atoms with Gasteiger partial charge in [-0.2, -0.15) is 0 Å². The Bertz CT molecular complexity index is 4690. The zero-order valence-electron chi connectivity index (χ0n) is 67.4. The van der Waals surface area contributed by atoms with E-state index >= 15 is 0 Å². The lowest BCUT2D eigenvalue weighted by atomic mass is 9.99. The number of aromatic nitrogens is 11. The van der Waals surface area contributed by atoms with Crippen molar-refractivity contribution in [2.45, 2.75) is 71.8 Å². The van der Waals surface area contributed by atoms with Crippen molar-refractivity contribution in [2.75, 3.05) is 167 Å². The van der Waals surface area contributed by atoms with Crippen molar-refractivity contribution in [1.29, 1.82) is 0 Å². The zero-order chi connectivity index (χ0) is 83.8. The minimum atomic E-state index is -0.638. The number of benzene rings is 1. The highest BCUT2D eigenvalue weighted by atomic mass is 35.5. The molecule has 0 spiro atoms. The second-order valence-corrected chi connectivity index (χ2v) is 29.0. The number of aryl methyl sites for hydroxylation is 7. The minimum Gasteiger partial charge on any atom is -0.379 e. The van der Waals surface area contributed by atoms with Crippen LogP contribution in [0.5, 0.6) is 0 Å². The summed E-state index contributed by atoms with van der Waals surface area (Å²) in [5.41, 5.74) is 5.26. The normalized spacial score (nSPS) is 12.4. The van der Waals surface area contributed by atoms with Gasteiger partial charge in [0.25, 0.3) is 29.5 Å². The summed E-state index contributed by atoms with van der Waals surface area (Å²) in [7, 11) is 10.0. The highest BCUT2D eigenvalue weighted by Crippen LogP contribution is 2.40. The number of thiophene rings is 1. The maximum atomic E-state index is 13.3. The maximum Gasteiger partial charge on any atom is 0.291 e. The zero-order valence-corrected chi connectivity index (χ0v) is 69.0. The summed E-state index contributed by atoms with van der Waals surface area (Å²) in [6.45, 7) is 14.4. The van der Waals surface area contributed by atoms with Crippen molar-refractivity contribution in [2.24, 2.45) is 40.2 Å². The molecule has 0 fully saturated rings. The summed E-state index contributed by atoms with van der Waals surface area (Å²) < 4.78 is 49.2. The van der Waals surface area contributed by atoms with Gasteiger partial charge in [0.2, 0.25) is 35.3 Å². The van der Waals surface area contributed by atoms with Gasteiger partial charge < -0.3 is 109 Å². The van der Waals surface area contributed by atoms with E-state index in [0.29, 0.717) is 123 Å². The van der Waals surface area contributed by atoms with Crippen LogP contribution in [0.4, 0.5) is 23.0 Å². The van der Waals surface area contributed by atoms with Crippen LogP contribution in [0.15, 0.2) is 78.6 Å². The average molecular weight is 1660 g/mol. The highest BCUT2D eigenvalue weighted by Gasteiger charge is 2.32. The number of halogens is 1. The number of hydrogen-bond donors (Lipinski definition) is 9. The monoisotopic (exact) mass is 1660 g/mol. The number of ether oxygens (including phenoxy) is 7. The van der Waals surface area contributed by atoms with Crippen molar-refractivity contribution >= 4 is 105 Å². The van der Waals surface area contributed by atoms with Gasteiger partial charge in [0.1, 0.15) is 28.3 Å². The number of imidazole rings is 3. The summed E-state index contributed by atoms with van der Waals surface area (Å²) in [5.74, 6) is -2.01. The molecule has 1 atom stereocenters. The van der Waals surface area contributed by atoms with Crippen molar-refractivity contribution in [1.82, 2.24) is 84.0 Å². The number of fused-ring (bicyclic) bond motifs is 3. The lowest BCUT2D eigenvalue weighted by Crippen LogP contribution is -2.33.